The summed E-state index contributed by atoms with van der Waals surface area (Å²) in [5.74, 6) is -0.394. The Balaban J connectivity index is 2.00. The van der Waals surface area contributed by atoms with Crippen molar-refractivity contribution in [1.29, 1.82) is 0 Å². The number of halogens is 1. The Kier molecular flexibility index (Phi) is 4.10. The maximum Gasteiger partial charge on any atom is 0.246 e. The molecule has 1 atom stereocenters. The number of hydrogen-bond donors (Lipinski definition) is 1. The van der Waals surface area contributed by atoms with Crippen LogP contribution in [0.1, 0.15) is 18.4 Å². The van der Waals surface area contributed by atoms with Crippen LogP contribution in [0, 0.1) is 5.82 Å². The van der Waals surface area contributed by atoms with Gasteiger partial charge in [0.25, 0.3) is 0 Å². The maximum absolute atomic E-state index is 12.7. The van der Waals surface area contributed by atoms with Crippen molar-refractivity contribution in [2.75, 3.05) is 13.2 Å². The van der Waals surface area contributed by atoms with Gasteiger partial charge in [0, 0.05) is 12.6 Å². The molecule has 1 saturated heterocycles. The Morgan fingerprint density at radius 2 is 2.17 bits per heavy atom. The van der Waals surface area contributed by atoms with Gasteiger partial charge in [-0.1, -0.05) is 12.1 Å². The van der Waals surface area contributed by atoms with Crippen LogP contribution >= 0.6 is 0 Å². The normalized spacial score (nSPS) is 19.7. The minimum absolute atomic E-state index is 0.0100. The van der Waals surface area contributed by atoms with Crippen LogP contribution in [0.4, 0.5) is 4.39 Å². The van der Waals surface area contributed by atoms with Crippen LogP contribution in [0.15, 0.2) is 30.3 Å². The molecular weight excluding hydrogens is 233 g/mol. The van der Waals surface area contributed by atoms with Crippen LogP contribution in [0.3, 0.4) is 0 Å². The summed E-state index contributed by atoms with van der Waals surface area (Å²) in [5.41, 5.74) is 0.782. The predicted octanol–water partition coefficient (Wildman–Crippen LogP) is 1.82. The summed E-state index contributed by atoms with van der Waals surface area (Å²) in [4.78, 5) is 13.6. The van der Waals surface area contributed by atoms with Crippen LogP contribution in [-0.2, 0) is 4.79 Å². The second kappa shape index (κ2) is 5.78. The van der Waals surface area contributed by atoms with Gasteiger partial charge in [0.15, 0.2) is 0 Å². The fraction of sp³-hybridized carbons (Fsp3) is 0.357. The number of aliphatic hydroxyl groups is 1. The molecule has 96 valence electrons. The molecule has 18 heavy (non-hydrogen) atoms. The zero-order chi connectivity index (χ0) is 13.0. The number of hydrogen-bond acceptors (Lipinski definition) is 2. The number of nitrogens with zero attached hydrogens (tertiary/aromatic N) is 1. The third-order valence-corrected chi connectivity index (χ3v) is 3.16. The van der Waals surface area contributed by atoms with Crippen molar-refractivity contribution in [2.45, 2.75) is 18.9 Å². The van der Waals surface area contributed by atoms with Gasteiger partial charge < -0.3 is 10.0 Å². The average Bonchev–Trinajstić information content (AvgIpc) is 2.86. The maximum atomic E-state index is 12.7. The van der Waals surface area contributed by atoms with Crippen LogP contribution in [0.2, 0.25) is 0 Å². The molecule has 3 nitrogen and oxygen atoms in total. The van der Waals surface area contributed by atoms with Crippen LogP contribution in [-0.4, -0.2) is 35.1 Å². The standard InChI is InChI=1S/C14H16FNO2/c15-12-6-3-11(4-7-12)5-8-14(18)16-9-1-2-13(16)10-17/h3-8,13,17H,1-2,9-10H2/b8-5+. The first-order valence-corrected chi connectivity index (χ1v) is 6.06. The topological polar surface area (TPSA) is 40.5 Å². The molecule has 1 amide bonds. The number of likely N-dealkylation sites (tertiary alicyclic amines) is 1. The van der Waals surface area contributed by atoms with Gasteiger partial charge in [0.2, 0.25) is 5.91 Å². The van der Waals surface area contributed by atoms with Gasteiger partial charge >= 0.3 is 0 Å². The lowest BCUT2D eigenvalue weighted by Crippen LogP contribution is -2.36. The van der Waals surface area contributed by atoms with Gasteiger partial charge in [-0.3, -0.25) is 4.79 Å². The quantitative estimate of drug-likeness (QED) is 0.830. The van der Waals surface area contributed by atoms with Crippen molar-refractivity contribution in [3.63, 3.8) is 0 Å². The Morgan fingerprint density at radius 1 is 1.44 bits per heavy atom. The molecule has 1 fully saturated rings. The minimum Gasteiger partial charge on any atom is -0.394 e. The van der Waals surface area contributed by atoms with Gasteiger partial charge in [-0.2, -0.15) is 0 Å². The zero-order valence-electron chi connectivity index (χ0n) is 10.1. The first kappa shape index (κ1) is 12.8. The lowest BCUT2D eigenvalue weighted by Gasteiger charge is -2.21. The number of carbonyl (C=O) groups is 1. The van der Waals surface area contributed by atoms with Gasteiger partial charge in [-0.25, -0.2) is 4.39 Å². The van der Waals surface area contributed by atoms with Gasteiger partial charge in [-0.05, 0) is 36.6 Å². The van der Waals surface area contributed by atoms with Crippen molar-refractivity contribution >= 4 is 12.0 Å². The zero-order valence-corrected chi connectivity index (χ0v) is 10.1. The highest BCUT2D eigenvalue weighted by Gasteiger charge is 2.26. The highest BCUT2D eigenvalue weighted by Crippen LogP contribution is 2.17. The van der Waals surface area contributed by atoms with E-state index in [1.54, 1.807) is 23.1 Å². The largest absolute Gasteiger partial charge is 0.394 e. The van der Waals surface area contributed by atoms with E-state index in [2.05, 4.69) is 0 Å². The molecule has 0 aliphatic carbocycles. The average molecular weight is 249 g/mol. The molecule has 0 radical (unpaired) electrons. The summed E-state index contributed by atoms with van der Waals surface area (Å²) in [5, 5.41) is 9.14. The van der Waals surface area contributed by atoms with Crippen molar-refractivity contribution in [1.82, 2.24) is 4.90 Å². The lowest BCUT2D eigenvalue weighted by atomic mass is 10.2. The molecule has 1 aliphatic heterocycles. The number of amides is 1. The molecule has 1 unspecified atom stereocenters. The molecule has 1 aliphatic rings. The van der Waals surface area contributed by atoms with Gasteiger partial charge in [-0.15, -0.1) is 0 Å². The second-order valence-electron chi connectivity index (χ2n) is 4.40. The van der Waals surface area contributed by atoms with E-state index in [-0.39, 0.29) is 24.4 Å². The number of aliphatic hydroxyl groups excluding tert-OH is 1. The van der Waals surface area contributed by atoms with Gasteiger partial charge in [0.1, 0.15) is 5.82 Å². The Morgan fingerprint density at radius 3 is 2.83 bits per heavy atom. The van der Waals surface area contributed by atoms with E-state index in [4.69, 9.17) is 5.11 Å². The van der Waals surface area contributed by atoms with E-state index in [9.17, 15) is 9.18 Å². The van der Waals surface area contributed by atoms with Gasteiger partial charge in [0.05, 0.1) is 12.6 Å². The van der Waals surface area contributed by atoms with Crippen LogP contribution in [0.25, 0.3) is 6.08 Å². The smallest absolute Gasteiger partial charge is 0.246 e. The van der Waals surface area contributed by atoms with E-state index in [0.717, 1.165) is 18.4 Å². The molecule has 1 aromatic carbocycles. The number of benzene rings is 1. The Hall–Kier alpha value is -1.68. The van der Waals surface area contributed by atoms with E-state index in [1.165, 1.54) is 18.2 Å². The van der Waals surface area contributed by atoms with Crippen LogP contribution < -0.4 is 0 Å². The third-order valence-electron chi connectivity index (χ3n) is 3.16. The summed E-state index contributed by atoms with van der Waals surface area (Å²) in [6, 6.07) is 5.89. The van der Waals surface area contributed by atoms with Crippen molar-refractivity contribution in [3.8, 4) is 0 Å². The van der Waals surface area contributed by atoms with Crippen molar-refractivity contribution in [3.05, 3.63) is 41.7 Å². The number of rotatable bonds is 3. The minimum atomic E-state index is -0.293. The summed E-state index contributed by atoms with van der Waals surface area (Å²) >= 11 is 0. The van der Waals surface area contributed by atoms with E-state index < -0.39 is 0 Å². The fourth-order valence-electron chi connectivity index (χ4n) is 2.15. The SMILES string of the molecule is O=C(/C=C/c1ccc(F)cc1)N1CCCC1CO. The first-order valence-electron chi connectivity index (χ1n) is 6.06. The summed E-state index contributed by atoms with van der Waals surface area (Å²) in [6.07, 6.45) is 4.92. The van der Waals surface area contributed by atoms with Crippen LogP contribution in [0.5, 0.6) is 0 Å². The Labute approximate surface area is 106 Å². The molecular formula is C14H16FNO2. The summed E-state index contributed by atoms with van der Waals surface area (Å²) in [6.45, 7) is 0.702. The highest BCUT2D eigenvalue weighted by atomic mass is 19.1. The van der Waals surface area contributed by atoms with Crippen molar-refractivity contribution < 1.29 is 14.3 Å². The molecule has 4 heteroatoms. The molecule has 0 saturated carbocycles. The molecule has 0 aromatic heterocycles. The fourth-order valence-corrected chi connectivity index (χ4v) is 2.15. The van der Waals surface area contributed by atoms with E-state index >= 15 is 0 Å². The summed E-state index contributed by atoms with van der Waals surface area (Å²) < 4.78 is 12.7. The monoisotopic (exact) mass is 249 g/mol. The summed E-state index contributed by atoms with van der Waals surface area (Å²) in [7, 11) is 0. The van der Waals surface area contributed by atoms with E-state index in [0.29, 0.717) is 6.54 Å². The predicted molar refractivity (Wildman–Crippen MR) is 67.3 cm³/mol. The Bertz CT molecular complexity index is 442. The molecule has 0 spiro atoms. The van der Waals surface area contributed by atoms with Crippen molar-refractivity contribution in [2.24, 2.45) is 0 Å². The lowest BCUT2D eigenvalue weighted by molar-refractivity contribution is -0.127. The second-order valence-corrected chi connectivity index (χ2v) is 4.40. The molecule has 1 aromatic rings. The number of carbonyl (C=O) groups excluding carboxylic acids is 1. The highest BCUT2D eigenvalue weighted by molar-refractivity contribution is 5.92. The third kappa shape index (κ3) is 2.96. The molecule has 2 rings (SSSR count). The molecule has 0 bridgehead atoms. The molecule has 1 heterocycles. The van der Waals surface area contributed by atoms with E-state index in [1.807, 2.05) is 0 Å². The first-order chi connectivity index (χ1) is 8.70. The molecule has 1 N–H and O–H groups in total.